The smallest absolute Gasteiger partial charge is 0.303 e. The maximum absolute atomic E-state index is 12.4. The number of rotatable bonds is 8. The summed E-state index contributed by atoms with van der Waals surface area (Å²) in [6, 6.07) is 0.455. The fourth-order valence-corrected chi connectivity index (χ4v) is 3.12. The third-order valence-corrected chi connectivity index (χ3v) is 4.52. The molecule has 20 heavy (non-hydrogen) atoms. The van der Waals surface area contributed by atoms with Gasteiger partial charge in [-0.15, -0.1) is 0 Å². The lowest BCUT2D eigenvalue weighted by molar-refractivity contribution is -0.138. The van der Waals surface area contributed by atoms with Gasteiger partial charge >= 0.3 is 5.97 Å². The molecule has 2 saturated carbocycles. The Balaban J connectivity index is 1.78. The standard InChI is InChI=1S/C16H27NO3/c18-15(8-4-5-9-16(19)20)17(12-13-10-11-13)14-6-2-1-3-7-14/h13-14H,1-12H2,(H,19,20). The fourth-order valence-electron chi connectivity index (χ4n) is 3.12. The summed E-state index contributed by atoms with van der Waals surface area (Å²) >= 11 is 0. The average Bonchev–Trinajstić information content (AvgIpc) is 3.25. The molecule has 0 aliphatic heterocycles. The van der Waals surface area contributed by atoms with Gasteiger partial charge in [0.05, 0.1) is 0 Å². The van der Waals surface area contributed by atoms with E-state index < -0.39 is 5.97 Å². The first-order valence-electron chi connectivity index (χ1n) is 8.18. The lowest BCUT2D eigenvalue weighted by atomic mass is 9.93. The van der Waals surface area contributed by atoms with Gasteiger partial charge in [0.2, 0.25) is 5.91 Å². The van der Waals surface area contributed by atoms with E-state index in [1.807, 2.05) is 0 Å². The molecule has 0 aromatic rings. The van der Waals surface area contributed by atoms with Gasteiger partial charge in [0, 0.05) is 25.4 Å². The molecule has 2 rings (SSSR count). The summed E-state index contributed by atoms with van der Waals surface area (Å²) in [6.45, 7) is 0.947. The van der Waals surface area contributed by atoms with Crippen LogP contribution in [0.15, 0.2) is 0 Å². The number of carboxylic acids is 1. The number of amides is 1. The molecule has 4 nitrogen and oxygen atoms in total. The number of carboxylic acid groups (broad SMARTS) is 1. The Morgan fingerprint density at radius 1 is 0.950 bits per heavy atom. The van der Waals surface area contributed by atoms with Crippen molar-refractivity contribution in [3.05, 3.63) is 0 Å². The van der Waals surface area contributed by atoms with Crippen molar-refractivity contribution in [3.8, 4) is 0 Å². The van der Waals surface area contributed by atoms with Crippen molar-refractivity contribution in [1.82, 2.24) is 4.90 Å². The molecule has 114 valence electrons. The van der Waals surface area contributed by atoms with E-state index in [9.17, 15) is 9.59 Å². The monoisotopic (exact) mass is 281 g/mol. The van der Waals surface area contributed by atoms with Crippen LogP contribution in [0.1, 0.15) is 70.6 Å². The van der Waals surface area contributed by atoms with Crippen molar-refractivity contribution >= 4 is 11.9 Å². The van der Waals surface area contributed by atoms with Crippen LogP contribution in [0.5, 0.6) is 0 Å². The summed E-state index contributed by atoms with van der Waals surface area (Å²) in [7, 11) is 0. The highest BCUT2D eigenvalue weighted by Crippen LogP contribution is 2.33. The van der Waals surface area contributed by atoms with Crippen molar-refractivity contribution < 1.29 is 14.7 Å². The molecule has 2 fully saturated rings. The van der Waals surface area contributed by atoms with Crippen molar-refractivity contribution in [2.24, 2.45) is 5.92 Å². The van der Waals surface area contributed by atoms with Crippen LogP contribution in [0.3, 0.4) is 0 Å². The van der Waals surface area contributed by atoms with Gasteiger partial charge in [-0.1, -0.05) is 19.3 Å². The van der Waals surface area contributed by atoms with Gasteiger partial charge in [-0.3, -0.25) is 9.59 Å². The second-order valence-corrected chi connectivity index (χ2v) is 6.38. The van der Waals surface area contributed by atoms with E-state index in [1.165, 1.54) is 32.1 Å². The highest BCUT2D eigenvalue weighted by molar-refractivity contribution is 5.76. The molecule has 0 aromatic heterocycles. The van der Waals surface area contributed by atoms with Crippen LogP contribution in [-0.4, -0.2) is 34.5 Å². The van der Waals surface area contributed by atoms with Crippen LogP contribution < -0.4 is 0 Å². The first-order chi connectivity index (χ1) is 9.66. The molecule has 1 amide bonds. The minimum absolute atomic E-state index is 0.180. The van der Waals surface area contributed by atoms with Crippen LogP contribution >= 0.6 is 0 Å². The van der Waals surface area contributed by atoms with Crippen molar-refractivity contribution in [2.75, 3.05) is 6.54 Å². The van der Waals surface area contributed by atoms with Crippen LogP contribution in [0.4, 0.5) is 0 Å². The van der Waals surface area contributed by atoms with Crippen LogP contribution in [0.25, 0.3) is 0 Å². The van der Waals surface area contributed by atoms with E-state index in [4.69, 9.17) is 5.11 Å². The molecular weight excluding hydrogens is 254 g/mol. The molecule has 0 saturated heterocycles. The lowest BCUT2D eigenvalue weighted by Gasteiger charge is -2.34. The summed E-state index contributed by atoms with van der Waals surface area (Å²) < 4.78 is 0. The average molecular weight is 281 g/mol. The molecule has 0 atom stereocenters. The second kappa shape index (κ2) is 7.65. The van der Waals surface area contributed by atoms with E-state index in [-0.39, 0.29) is 12.3 Å². The van der Waals surface area contributed by atoms with Crippen molar-refractivity contribution in [2.45, 2.75) is 76.7 Å². The largest absolute Gasteiger partial charge is 0.481 e. The SMILES string of the molecule is O=C(O)CCCCC(=O)N(CC1CC1)C1CCCCC1. The molecule has 4 heteroatoms. The lowest BCUT2D eigenvalue weighted by Crippen LogP contribution is -2.42. The Hall–Kier alpha value is -1.06. The Labute approximate surface area is 121 Å². The summed E-state index contributed by atoms with van der Waals surface area (Å²) in [5.41, 5.74) is 0. The van der Waals surface area contributed by atoms with Gasteiger partial charge in [0.1, 0.15) is 0 Å². The third kappa shape index (κ3) is 5.14. The van der Waals surface area contributed by atoms with E-state index >= 15 is 0 Å². The number of unbranched alkanes of at least 4 members (excludes halogenated alkanes) is 1. The number of hydrogen-bond acceptors (Lipinski definition) is 2. The van der Waals surface area contributed by atoms with Gasteiger partial charge in [-0.05, 0) is 44.4 Å². The van der Waals surface area contributed by atoms with Gasteiger partial charge < -0.3 is 10.0 Å². The molecular formula is C16H27NO3. The predicted molar refractivity (Wildman–Crippen MR) is 77.4 cm³/mol. The summed E-state index contributed by atoms with van der Waals surface area (Å²) in [5.74, 6) is 0.230. The van der Waals surface area contributed by atoms with Gasteiger partial charge in [-0.25, -0.2) is 0 Å². The molecule has 0 spiro atoms. The second-order valence-electron chi connectivity index (χ2n) is 6.38. The van der Waals surface area contributed by atoms with E-state index in [0.717, 1.165) is 25.3 Å². The normalized spacial score (nSPS) is 19.8. The van der Waals surface area contributed by atoms with Crippen LogP contribution in [0, 0.1) is 5.92 Å². The van der Waals surface area contributed by atoms with E-state index in [2.05, 4.69) is 4.90 Å². The highest BCUT2D eigenvalue weighted by Gasteiger charge is 2.31. The highest BCUT2D eigenvalue weighted by atomic mass is 16.4. The summed E-state index contributed by atoms with van der Waals surface area (Å²) in [4.78, 5) is 25.0. The first kappa shape index (κ1) is 15.3. The molecule has 2 aliphatic carbocycles. The molecule has 0 heterocycles. The maximum Gasteiger partial charge on any atom is 0.303 e. The predicted octanol–water partition coefficient (Wildman–Crippen LogP) is 3.20. The number of carbonyl (C=O) groups is 2. The fraction of sp³-hybridized carbons (Fsp3) is 0.875. The number of nitrogens with zero attached hydrogens (tertiary/aromatic N) is 1. The van der Waals surface area contributed by atoms with Gasteiger partial charge in [0.25, 0.3) is 0 Å². The number of aliphatic carboxylic acids is 1. The van der Waals surface area contributed by atoms with Crippen LogP contribution in [-0.2, 0) is 9.59 Å². The zero-order valence-electron chi connectivity index (χ0n) is 12.4. The quantitative estimate of drug-likeness (QED) is 0.695. The first-order valence-corrected chi connectivity index (χ1v) is 8.18. The molecule has 0 unspecified atom stereocenters. The molecule has 2 aliphatic rings. The zero-order valence-corrected chi connectivity index (χ0v) is 12.4. The summed E-state index contributed by atoms with van der Waals surface area (Å²) in [5, 5.41) is 8.62. The topological polar surface area (TPSA) is 57.6 Å². The maximum atomic E-state index is 12.4. The minimum Gasteiger partial charge on any atom is -0.481 e. The Kier molecular flexibility index (Phi) is 5.86. The number of carbonyl (C=O) groups excluding carboxylic acids is 1. The minimum atomic E-state index is -0.764. The van der Waals surface area contributed by atoms with Crippen molar-refractivity contribution in [1.29, 1.82) is 0 Å². The Bertz CT molecular complexity index is 333. The zero-order chi connectivity index (χ0) is 14.4. The van der Waals surface area contributed by atoms with Gasteiger partial charge in [-0.2, -0.15) is 0 Å². The molecule has 0 radical (unpaired) electrons. The van der Waals surface area contributed by atoms with Crippen LogP contribution in [0.2, 0.25) is 0 Å². The Morgan fingerprint density at radius 3 is 2.20 bits per heavy atom. The molecule has 0 aromatic carbocycles. The number of hydrogen-bond donors (Lipinski definition) is 1. The Morgan fingerprint density at radius 2 is 1.60 bits per heavy atom. The molecule has 0 bridgehead atoms. The van der Waals surface area contributed by atoms with Gasteiger partial charge in [0.15, 0.2) is 0 Å². The van der Waals surface area contributed by atoms with E-state index in [0.29, 0.717) is 25.3 Å². The van der Waals surface area contributed by atoms with Crippen molar-refractivity contribution in [3.63, 3.8) is 0 Å². The summed E-state index contributed by atoms with van der Waals surface area (Å²) in [6.07, 6.45) is 10.7. The third-order valence-electron chi connectivity index (χ3n) is 4.52. The van der Waals surface area contributed by atoms with E-state index in [1.54, 1.807) is 0 Å². The molecule has 1 N–H and O–H groups in total.